The summed E-state index contributed by atoms with van der Waals surface area (Å²) >= 11 is 3.39. The number of halogens is 1. The third-order valence-corrected chi connectivity index (χ3v) is 4.86. The second kappa shape index (κ2) is 8.88. The van der Waals surface area contributed by atoms with E-state index < -0.39 is 11.8 Å². The molecule has 1 atom stereocenters. The molecular weight excluding hydrogens is 426 g/mol. The number of carbonyl (C=O) groups excluding carboxylic acids is 3. The first-order valence-electron chi connectivity index (χ1n) is 8.81. The van der Waals surface area contributed by atoms with Gasteiger partial charge in [-0.2, -0.15) is 0 Å². The van der Waals surface area contributed by atoms with E-state index in [0.29, 0.717) is 18.0 Å². The van der Waals surface area contributed by atoms with Crippen LogP contribution in [0.4, 0.5) is 11.4 Å². The molecule has 28 heavy (non-hydrogen) atoms. The average molecular weight is 446 g/mol. The number of para-hydroxylation sites is 2. The van der Waals surface area contributed by atoms with Gasteiger partial charge < -0.3 is 20.7 Å². The summed E-state index contributed by atoms with van der Waals surface area (Å²) in [5.74, 6) is -0.824. The summed E-state index contributed by atoms with van der Waals surface area (Å²) in [4.78, 5) is 37.6. The number of primary amides is 1. The Labute approximate surface area is 171 Å². The van der Waals surface area contributed by atoms with Gasteiger partial charge in [-0.25, -0.2) is 0 Å². The maximum Gasteiger partial charge on any atom is 0.229 e. The van der Waals surface area contributed by atoms with Crippen LogP contribution >= 0.6 is 15.9 Å². The molecular formula is C20H20BrN3O4. The molecule has 0 bridgehead atoms. The number of nitrogens with zero attached hydrogens (tertiary/aromatic N) is 1. The molecule has 3 amide bonds. The SMILES string of the molecule is NC(=O)CCOc1ccccc1NC(=O)C1CC(=O)N(c2cccc(Br)c2)C1. The molecule has 1 heterocycles. The van der Waals surface area contributed by atoms with Crippen LogP contribution in [0.25, 0.3) is 0 Å². The van der Waals surface area contributed by atoms with Crippen LogP contribution < -0.4 is 20.7 Å². The van der Waals surface area contributed by atoms with E-state index in [1.165, 1.54) is 0 Å². The molecule has 1 aliphatic heterocycles. The number of ether oxygens (including phenoxy) is 1. The molecule has 0 saturated carbocycles. The van der Waals surface area contributed by atoms with Crippen LogP contribution in [0.15, 0.2) is 53.0 Å². The van der Waals surface area contributed by atoms with Crippen molar-refractivity contribution in [2.75, 3.05) is 23.4 Å². The minimum absolute atomic E-state index is 0.0843. The summed E-state index contributed by atoms with van der Waals surface area (Å²) in [5, 5.41) is 2.83. The van der Waals surface area contributed by atoms with Crippen molar-refractivity contribution in [2.45, 2.75) is 12.8 Å². The molecule has 0 aliphatic carbocycles. The molecule has 7 nitrogen and oxygen atoms in total. The predicted octanol–water partition coefficient (Wildman–Crippen LogP) is 2.69. The van der Waals surface area contributed by atoms with Crippen molar-refractivity contribution in [1.82, 2.24) is 0 Å². The first-order valence-corrected chi connectivity index (χ1v) is 9.60. The maximum atomic E-state index is 12.7. The van der Waals surface area contributed by atoms with Gasteiger partial charge in [-0.1, -0.05) is 34.1 Å². The molecule has 0 radical (unpaired) electrons. The second-order valence-electron chi connectivity index (χ2n) is 6.44. The number of amides is 3. The Morgan fingerprint density at radius 1 is 1.21 bits per heavy atom. The lowest BCUT2D eigenvalue weighted by molar-refractivity contribution is -0.122. The van der Waals surface area contributed by atoms with Gasteiger partial charge in [0.15, 0.2) is 0 Å². The summed E-state index contributed by atoms with van der Waals surface area (Å²) in [6, 6.07) is 14.4. The van der Waals surface area contributed by atoms with Crippen LogP contribution in [-0.4, -0.2) is 30.9 Å². The minimum Gasteiger partial charge on any atom is -0.491 e. The van der Waals surface area contributed by atoms with Crippen molar-refractivity contribution in [1.29, 1.82) is 0 Å². The molecule has 2 aromatic rings. The first kappa shape index (κ1) is 19.9. The Bertz CT molecular complexity index is 903. The van der Waals surface area contributed by atoms with Gasteiger partial charge in [0.1, 0.15) is 5.75 Å². The van der Waals surface area contributed by atoms with E-state index in [0.717, 1.165) is 10.2 Å². The Balaban J connectivity index is 1.66. The van der Waals surface area contributed by atoms with E-state index in [2.05, 4.69) is 21.2 Å². The molecule has 0 spiro atoms. The summed E-state index contributed by atoms with van der Waals surface area (Å²) < 4.78 is 6.41. The Kier molecular flexibility index (Phi) is 6.30. The van der Waals surface area contributed by atoms with Gasteiger partial charge in [0, 0.05) is 23.1 Å². The number of hydrogen-bond acceptors (Lipinski definition) is 4. The largest absolute Gasteiger partial charge is 0.491 e. The molecule has 2 aromatic carbocycles. The van der Waals surface area contributed by atoms with Crippen LogP contribution in [0.5, 0.6) is 5.75 Å². The normalized spacial score (nSPS) is 16.1. The van der Waals surface area contributed by atoms with Crippen molar-refractivity contribution >= 4 is 45.0 Å². The molecule has 146 valence electrons. The predicted molar refractivity (Wildman–Crippen MR) is 109 cm³/mol. The Hall–Kier alpha value is -2.87. The molecule has 1 aliphatic rings. The van der Waals surface area contributed by atoms with Crippen molar-refractivity contribution < 1.29 is 19.1 Å². The molecule has 1 unspecified atom stereocenters. The summed E-state index contributed by atoms with van der Waals surface area (Å²) in [7, 11) is 0. The lowest BCUT2D eigenvalue weighted by Gasteiger charge is -2.17. The zero-order valence-corrected chi connectivity index (χ0v) is 16.6. The highest BCUT2D eigenvalue weighted by molar-refractivity contribution is 9.10. The highest BCUT2D eigenvalue weighted by atomic mass is 79.9. The van der Waals surface area contributed by atoms with Crippen LogP contribution in [0.3, 0.4) is 0 Å². The van der Waals surface area contributed by atoms with Gasteiger partial charge >= 0.3 is 0 Å². The number of benzene rings is 2. The molecule has 1 fully saturated rings. The van der Waals surface area contributed by atoms with Crippen molar-refractivity contribution in [3.8, 4) is 5.75 Å². The van der Waals surface area contributed by atoms with E-state index in [1.807, 2.05) is 24.3 Å². The van der Waals surface area contributed by atoms with Crippen LogP contribution in [0, 0.1) is 5.92 Å². The fourth-order valence-electron chi connectivity index (χ4n) is 2.97. The minimum atomic E-state index is -0.467. The molecule has 8 heteroatoms. The number of rotatable bonds is 7. The van der Waals surface area contributed by atoms with Crippen molar-refractivity contribution in [2.24, 2.45) is 11.7 Å². The quantitative estimate of drug-likeness (QED) is 0.683. The second-order valence-corrected chi connectivity index (χ2v) is 7.35. The monoisotopic (exact) mass is 445 g/mol. The number of carbonyl (C=O) groups is 3. The van der Waals surface area contributed by atoms with E-state index in [1.54, 1.807) is 29.2 Å². The number of nitrogens with one attached hydrogen (secondary N) is 1. The van der Waals surface area contributed by atoms with Crippen molar-refractivity contribution in [3.05, 3.63) is 53.0 Å². The van der Waals surface area contributed by atoms with Gasteiger partial charge in [0.25, 0.3) is 0 Å². The third-order valence-electron chi connectivity index (χ3n) is 4.37. The van der Waals surface area contributed by atoms with Crippen LogP contribution in [0.1, 0.15) is 12.8 Å². The molecule has 3 rings (SSSR count). The lowest BCUT2D eigenvalue weighted by atomic mass is 10.1. The molecule has 3 N–H and O–H groups in total. The number of hydrogen-bond donors (Lipinski definition) is 2. The fourth-order valence-corrected chi connectivity index (χ4v) is 3.36. The van der Waals surface area contributed by atoms with E-state index in [9.17, 15) is 14.4 Å². The van der Waals surface area contributed by atoms with Gasteiger partial charge in [-0.05, 0) is 30.3 Å². The first-order chi connectivity index (χ1) is 13.4. The average Bonchev–Trinajstić information content (AvgIpc) is 3.05. The van der Waals surface area contributed by atoms with Gasteiger partial charge in [-0.3, -0.25) is 14.4 Å². The summed E-state index contributed by atoms with van der Waals surface area (Å²) in [5.41, 5.74) is 6.36. The highest BCUT2D eigenvalue weighted by Crippen LogP contribution is 2.29. The summed E-state index contributed by atoms with van der Waals surface area (Å²) in [6.07, 6.45) is 0.226. The lowest BCUT2D eigenvalue weighted by Crippen LogP contribution is -2.28. The maximum absolute atomic E-state index is 12.7. The van der Waals surface area contributed by atoms with E-state index in [-0.39, 0.29) is 31.3 Å². The summed E-state index contributed by atoms with van der Waals surface area (Å²) in [6.45, 7) is 0.437. The number of anilines is 2. The molecule has 0 aromatic heterocycles. The smallest absolute Gasteiger partial charge is 0.229 e. The molecule has 1 saturated heterocycles. The van der Waals surface area contributed by atoms with Gasteiger partial charge in [-0.15, -0.1) is 0 Å². The highest BCUT2D eigenvalue weighted by Gasteiger charge is 2.35. The standard InChI is InChI=1S/C20H20BrN3O4/c21-14-4-3-5-15(11-14)24-12-13(10-19(24)26)20(27)23-16-6-1-2-7-17(16)28-9-8-18(22)25/h1-7,11,13H,8-10,12H2,(H2,22,25)(H,23,27). The van der Waals surface area contributed by atoms with E-state index >= 15 is 0 Å². The van der Waals surface area contributed by atoms with Gasteiger partial charge in [0.05, 0.1) is 24.6 Å². The Morgan fingerprint density at radius 2 is 2.00 bits per heavy atom. The zero-order valence-electron chi connectivity index (χ0n) is 15.1. The van der Waals surface area contributed by atoms with Crippen LogP contribution in [0.2, 0.25) is 0 Å². The van der Waals surface area contributed by atoms with Crippen LogP contribution in [-0.2, 0) is 14.4 Å². The van der Waals surface area contributed by atoms with Gasteiger partial charge in [0.2, 0.25) is 17.7 Å². The Morgan fingerprint density at radius 3 is 2.75 bits per heavy atom. The van der Waals surface area contributed by atoms with E-state index in [4.69, 9.17) is 10.5 Å². The fraction of sp³-hybridized carbons (Fsp3) is 0.250. The zero-order chi connectivity index (χ0) is 20.1. The van der Waals surface area contributed by atoms with Crippen molar-refractivity contribution in [3.63, 3.8) is 0 Å². The third kappa shape index (κ3) is 4.89. The number of nitrogens with two attached hydrogens (primary N) is 1. The topological polar surface area (TPSA) is 102 Å².